The van der Waals surface area contributed by atoms with Crippen LogP contribution in [0.4, 0.5) is 5.69 Å². The summed E-state index contributed by atoms with van der Waals surface area (Å²) in [5.74, 6) is 0.668. The fourth-order valence-corrected chi connectivity index (χ4v) is 3.20. The third-order valence-corrected chi connectivity index (χ3v) is 4.90. The molecule has 0 aliphatic carbocycles. The highest BCUT2D eigenvalue weighted by molar-refractivity contribution is 7.92. The van der Waals surface area contributed by atoms with Gasteiger partial charge in [0.1, 0.15) is 5.75 Å². The van der Waals surface area contributed by atoms with E-state index in [2.05, 4.69) is 15.5 Å². The van der Waals surface area contributed by atoms with Crippen molar-refractivity contribution in [2.45, 2.75) is 11.6 Å². The molecule has 0 saturated carbocycles. The maximum atomic E-state index is 12.6. The highest BCUT2D eigenvalue weighted by atomic mass is 32.2. The lowest BCUT2D eigenvalue weighted by Gasteiger charge is -2.19. The van der Waals surface area contributed by atoms with E-state index in [1.807, 2.05) is 0 Å². The molecule has 0 spiro atoms. The summed E-state index contributed by atoms with van der Waals surface area (Å²) >= 11 is 0. The van der Waals surface area contributed by atoms with Crippen molar-refractivity contribution in [2.24, 2.45) is 0 Å². The van der Waals surface area contributed by atoms with Gasteiger partial charge in [-0.05, 0) is 31.3 Å². The molecule has 7 nitrogen and oxygen atoms in total. The van der Waals surface area contributed by atoms with Crippen LogP contribution in [0.5, 0.6) is 5.75 Å². The fraction of sp³-hybridized carbons (Fsp3) is 0.308. The van der Waals surface area contributed by atoms with E-state index in [4.69, 9.17) is 4.74 Å². The second-order valence-corrected chi connectivity index (χ2v) is 6.33. The molecule has 114 valence electrons. The molecule has 0 fully saturated rings. The first-order valence-corrected chi connectivity index (χ1v) is 7.74. The lowest BCUT2D eigenvalue weighted by atomic mass is 10.3. The maximum Gasteiger partial charge on any atom is 0.281 e. The summed E-state index contributed by atoms with van der Waals surface area (Å²) in [6.07, 6.45) is 1.51. The van der Waals surface area contributed by atoms with Crippen molar-refractivity contribution in [3.63, 3.8) is 0 Å². The lowest BCUT2D eigenvalue weighted by Crippen LogP contribution is -2.28. The zero-order chi connectivity index (χ0) is 15.5. The molecule has 0 unspecified atom stereocenters. The summed E-state index contributed by atoms with van der Waals surface area (Å²) in [5.41, 5.74) is 1.14. The molecule has 0 radical (unpaired) electrons. The standard InChI is InChI=1S/C13H18N4O3S/c1-14-8-10-9-15-16-13(10)21(18,19)17(2)11-4-6-12(20-3)7-5-11/h4-7,9,14H,8H2,1-3H3,(H,15,16). The van der Waals surface area contributed by atoms with Crippen LogP contribution < -0.4 is 14.4 Å². The number of sulfonamides is 1. The van der Waals surface area contributed by atoms with E-state index in [0.29, 0.717) is 23.5 Å². The highest BCUT2D eigenvalue weighted by Gasteiger charge is 2.26. The highest BCUT2D eigenvalue weighted by Crippen LogP contribution is 2.24. The summed E-state index contributed by atoms with van der Waals surface area (Å²) in [4.78, 5) is 0. The molecular formula is C13H18N4O3S. The number of nitrogens with one attached hydrogen (secondary N) is 2. The van der Waals surface area contributed by atoms with Crippen molar-refractivity contribution in [2.75, 3.05) is 25.5 Å². The van der Waals surface area contributed by atoms with Crippen molar-refractivity contribution in [3.8, 4) is 5.75 Å². The van der Waals surface area contributed by atoms with E-state index in [9.17, 15) is 8.42 Å². The number of benzene rings is 1. The molecule has 0 saturated heterocycles. The van der Waals surface area contributed by atoms with Gasteiger partial charge in [0.05, 0.1) is 19.0 Å². The molecule has 0 amide bonds. The average Bonchev–Trinajstić information content (AvgIpc) is 2.96. The van der Waals surface area contributed by atoms with Crippen LogP contribution in [-0.2, 0) is 16.6 Å². The van der Waals surface area contributed by atoms with Gasteiger partial charge in [0.2, 0.25) is 0 Å². The molecule has 2 rings (SSSR count). The maximum absolute atomic E-state index is 12.6. The number of ether oxygens (including phenoxy) is 1. The van der Waals surface area contributed by atoms with Gasteiger partial charge in [-0.2, -0.15) is 13.5 Å². The first-order chi connectivity index (χ1) is 10.0. The van der Waals surface area contributed by atoms with E-state index in [-0.39, 0.29) is 5.03 Å². The number of hydrogen-bond donors (Lipinski definition) is 2. The Morgan fingerprint density at radius 1 is 1.33 bits per heavy atom. The summed E-state index contributed by atoms with van der Waals surface area (Å²) in [7, 11) is 1.12. The van der Waals surface area contributed by atoms with Crippen molar-refractivity contribution >= 4 is 15.7 Å². The molecule has 1 aromatic carbocycles. The third-order valence-electron chi connectivity index (χ3n) is 3.10. The van der Waals surface area contributed by atoms with Gasteiger partial charge in [0.15, 0.2) is 5.03 Å². The second-order valence-electron chi connectivity index (χ2n) is 4.43. The number of hydrogen-bond acceptors (Lipinski definition) is 5. The number of nitrogens with zero attached hydrogens (tertiary/aromatic N) is 2. The molecule has 0 bridgehead atoms. The van der Waals surface area contributed by atoms with Gasteiger partial charge in [0.25, 0.3) is 10.0 Å². The molecule has 1 aromatic heterocycles. The van der Waals surface area contributed by atoms with Gasteiger partial charge < -0.3 is 10.1 Å². The first kappa shape index (κ1) is 15.3. The Bertz CT molecular complexity index is 694. The van der Waals surface area contributed by atoms with E-state index >= 15 is 0 Å². The molecule has 0 atom stereocenters. The quantitative estimate of drug-likeness (QED) is 0.830. The Morgan fingerprint density at radius 3 is 2.57 bits per heavy atom. The van der Waals surface area contributed by atoms with E-state index < -0.39 is 10.0 Å². The number of H-pyrrole nitrogens is 1. The summed E-state index contributed by atoms with van der Waals surface area (Å²) < 4.78 is 31.6. The van der Waals surface area contributed by atoms with Gasteiger partial charge in [-0.3, -0.25) is 9.40 Å². The van der Waals surface area contributed by atoms with Gasteiger partial charge >= 0.3 is 0 Å². The van der Waals surface area contributed by atoms with E-state index in [1.165, 1.54) is 17.5 Å². The Labute approximate surface area is 124 Å². The summed E-state index contributed by atoms with van der Waals surface area (Å²) in [5, 5.41) is 9.39. The van der Waals surface area contributed by atoms with E-state index in [0.717, 1.165) is 0 Å². The number of methoxy groups -OCH3 is 1. The Hall–Kier alpha value is -2.06. The SMILES string of the molecule is CNCc1cn[nH]c1S(=O)(=O)N(C)c1ccc(OC)cc1. The van der Waals surface area contributed by atoms with Crippen LogP contribution in [-0.4, -0.2) is 39.8 Å². The number of anilines is 1. The molecule has 1 heterocycles. The molecule has 0 aliphatic heterocycles. The Kier molecular flexibility index (Phi) is 4.49. The minimum Gasteiger partial charge on any atom is -0.497 e. The topological polar surface area (TPSA) is 87.3 Å². The fourth-order valence-electron chi connectivity index (χ4n) is 1.91. The van der Waals surface area contributed by atoms with Crippen LogP contribution in [0.15, 0.2) is 35.5 Å². The Morgan fingerprint density at radius 2 is 2.00 bits per heavy atom. The molecule has 0 aliphatic rings. The number of aromatic nitrogens is 2. The molecule has 2 N–H and O–H groups in total. The smallest absolute Gasteiger partial charge is 0.281 e. The van der Waals surface area contributed by atoms with Crippen LogP contribution in [0.1, 0.15) is 5.56 Å². The van der Waals surface area contributed by atoms with E-state index in [1.54, 1.807) is 38.4 Å². The van der Waals surface area contributed by atoms with Crippen LogP contribution in [0.25, 0.3) is 0 Å². The van der Waals surface area contributed by atoms with Crippen LogP contribution in [0.2, 0.25) is 0 Å². The van der Waals surface area contributed by atoms with Crippen LogP contribution in [0, 0.1) is 0 Å². The van der Waals surface area contributed by atoms with Crippen LogP contribution >= 0.6 is 0 Å². The molecule has 2 aromatic rings. The predicted octanol–water partition coefficient (Wildman–Crippen LogP) is 0.963. The summed E-state index contributed by atoms with van der Waals surface area (Å²) in [6, 6.07) is 6.79. The third kappa shape index (κ3) is 3.01. The van der Waals surface area contributed by atoms with Crippen molar-refractivity contribution in [3.05, 3.63) is 36.0 Å². The number of aromatic amines is 1. The number of rotatable bonds is 6. The molecule has 21 heavy (non-hydrogen) atoms. The van der Waals surface area contributed by atoms with Crippen LogP contribution in [0.3, 0.4) is 0 Å². The van der Waals surface area contributed by atoms with Gasteiger partial charge in [-0.25, -0.2) is 0 Å². The lowest BCUT2D eigenvalue weighted by molar-refractivity contribution is 0.415. The minimum atomic E-state index is -3.69. The summed E-state index contributed by atoms with van der Waals surface area (Å²) in [6.45, 7) is 0.418. The monoisotopic (exact) mass is 310 g/mol. The van der Waals surface area contributed by atoms with Gasteiger partial charge in [-0.1, -0.05) is 0 Å². The largest absolute Gasteiger partial charge is 0.497 e. The zero-order valence-corrected chi connectivity index (χ0v) is 12.9. The Balaban J connectivity index is 2.35. The first-order valence-electron chi connectivity index (χ1n) is 6.30. The minimum absolute atomic E-state index is 0.0927. The van der Waals surface area contributed by atoms with Crippen molar-refractivity contribution in [1.29, 1.82) is 0 Å². The van der Waals surface area contributed by atoms with Crippen molar-refractivity contribution < 1.29 is 13.2 Å². The predicted molar refractivity (Wildman–Crippen MR) is 79.9 cm³/mol. The van der Waals surface area contributed by atoms with Gasteiger partial charge in [0, 0.05) is 19.2 Å². The normalized spacial score (nSPS) is 11.4. The zero-order valence-electron chi connectivity index (χ0n) is 12.1. The van der Waals surface area contributed by atoms with Gasteiger partial charge in [-0.15, -0.1) is 0 Å². The van der Waals surface area contributed by atoms with Crippen molar-refractivity contribution in [1.82, 2.24) is 15.5 Å². The average molecular weight is 310 g/mol. The molecule has 8 heteroatoms. The molecular weight excluding hydrogens is 292 g/mol. The second kappa shape index (κ2) is 6.15.